The monoisotopic (exact) mass is 263 g/mol. The Morgan fingerprint density at radius 1 is 1.47 bits per heavy atom. The molecule has 0 unspecified atom stereocenters. The number of anilines is 1. The van der Waals surface area contributed by atoms with E-state index in [2.05, 4.69) is 20.6 Å². The van der Waals surface area contributed by atoms with E-state index in [1.54, 1.807) is 6.33 Å². The van der Waals surface area contributed by atoms with Gasteiger partial charge in [0.2, 0.25) is 5.91 Å². The lowest BCUT2D eigenvalue weighted by atomic mass is 10.1. The lowest BCUT2D eigenvalue weighted by Gasteiger charge is -2.26. The molecule has 1 aliphatic heterocycles. The molecule has 2 heterocycles. The van der Waals surface area contributed by atoms with Crippen molar-refractivity contribution in [3.63, 3.8) is 0 Å². The molecule has 0 spiro atoms. The average molecular weight is 263 g/mol. The summed E-state index contributed by atoms with van der Waals surface area (Å²) in [6, 6.07) is 0. The summed E-state index contributed by atoms with van der Waals surface area (Å²) in [4.78, 5) is 22.4. The molecule has 1 amide bonds. The number of nitrogens with zero attached hydrogens (tertiary/aromatic N) is 3. The van der Waals surface area contributed by atoms with Gasteiger partial charge < -0.3 is 15.5 Å². The summed E-state index contributed by atoms with van der Waals surface area (Å²) < 4.78 is 0. The van der Waals surface area contributed by atoms with Gasteiger partial charge in [0.1, 0.15) is 12.1 Å². The summed E-state index contributed by atoms with van der Waals surface area (Å²) in [6.07, 6.45) is 2.52. The molecule has 0 aliphatic carbocycles. The summed E-state index contributed by atoms with van der Waals surface area (Å²) in [5.41, 5.74) is 2.22. The van der Waals surface area contributed by atoms with Crippen molar-refractivity contribution in [3.8, 4) is 0 Å². The maximum atomic E-state index is 11.7. The van der Waals surface area contributed by atoms with Crippen molar-refractivity contribution in [2.45, 2.75) is 26.8 Å². The molecule has 6 nitrogen and oxygen atoms in total. The largest absolute Gasteiger partial charge is 0.355 e. The van der Waals surface area contributed by atoms with Gasteiger partial charge in [-0.25, -0.2) is 9.97 Å². The highest BCUT2D eigenvalue weighted by Crippen LogP contribution is 2.21. The molecule has 0 radical (unpaired) electrons. The number of nitrogens with one attached hydrogen (secondary N) is 2. The van der Waals surface area contributed by atoms with Crippen LogP contribution in [0.2, 0.25) is 0 Å². The Labute approximate surface area is 113 Å². The van der Waals surface area contributed by atoms with Crippen LogP contribution in [0.15, 0.2) is 6.33 Å². The van der Waals surface area contributed by atoms with Crippen molar-refractivity contribution >= 4 is 11.7 Å². The van der Waals surface area contributed by atoms with E-state index in [0.29, 0.717) is 13.1 Å². The van der Waals surface area contributed by atoms with Crippen LogP contribution in [0, 0.1) is 0 Å². The number of carbonyl (C=O) groups is 1. The van der Waals surface area contributed by atoms with Gasteiger partial charge in [-0.2, -0.15) is 0 Å². The first-order chi connectivity index (χ1) is 9.26. The predicted octanol–water partition coefficient (Wildman–Crippen LogP) is 0.0847. The summed E-state index contributed by atoms with van der Waals surface area (Å²) >= 11 is 0. The molecule has 0 bridgehead atoms. The van der Waals surface area contributed by atoms with Gasteiger partial charge in [-0.15, -0.1) is 0 Å². The Balaban J connectivity index is 2.20. The standard InChI is InChI=1S/C13H21N5O/c1-3-15-12(19)8-18(4-2)13-10-7-14-6-5-11(10)16-9-17-13/h9,14H,3-8H2,1-2H3,(H,15,19). The molecular weight excluding hydrogens is 242 g/mol. The summed E-state index contributed by atoms with van der Waals surface area (Å²) in [5, 5.41) is 6.15. The van der Waals surface area contributed by atoms with Crippen LogP contribution >= 0.6 is 0 Å². The Hall–Kier alpha value is -1.69. The quantitative estimate of drug-likeness (QED) is 0.787. The molecule has 104 valence electrons. The first-order valence-electron chi connectivity index (χ1n) is 6.81. The number of likely N-dealkylation sites (N-methyl/N-ethyl adjacent to an activating group) is 2. The second-order valence-electron chi connectivity index (χ2n) is 4.52. The number of rotatable bonds is 5. The fourth-order valence-corrected chi connectivity index (χ4v) is 2.29. The van der Waals surface area contributed by atoms with Gasteiger partial charge in [-0.3, -0.25) is 4.79 Å². The van der Waals surface area contributed by atoms with Crippen LogP contribution in [-0.4, -0.2) is 42.1 Å². The SMILES string of the molecule is CCNC(=O)CN(CC)c1ncnc2c1CNCC2. The maximum Gasteiger partial charge on any atom is 0.239 e. The van der Waals surface area contributed by atoms with Gasteiger partial charge >= 0.3 is 0 Å². The van der Waals surface area contributed by atoms with E-state index in [1.807, 2.05) is 18.7 Å². The number of fused-ring (bicyclic) bond motifs is 1. The molecule has 0 saturated heterocycles. The molecule has 0 atom stereocenters. The van der Waals surface area contributed by atoms with E-state index >= 15 is 0 Å². The molecular formula is C13H21N5O. The van der Waals surface area contributed by atoms with Crippen molar-refractivity contribution in [1.29, 1.82) is 0 Å². The van der Waals surface area contributed by atoms with Crippen LogP contribution in [0.4, 0.5) is 5.82 Å². The zero-order chi connectivity index (χ0) is 13.7. The van der Waals surface area contributed by atoms with Crippen LogP contribution < -0.4 is 15.5 Å². The van der Waals surface area contributed by atoms with Gasteiger partial charge in [0, 0.05) is 38.2 Å². The Bertz CT molecular complexity index is 449. The van der Waals surface area contributed by atoms with Crippen LogP contribution in [0.3, 0.4) is 0 Å². The van der Waals surface area contributed by atoms with E-state index in [9.17, 15) is 4.79 Å². The highest BCUT2D eigenvalue weighted by molar-refractivity contribution is 5.81. The van der Waals surface area contributed by atoms with Crippen LogP contribution in [0.5, 0.6) is 0 Å². The predicted molar refractivity (Wildman–Crippen MR) is 74.0 cm³/mol. The van der Waals surface area contributed by atoms with Gasteiger partial charge in [-0.1, -0.05) is 0 Å². The number of hydrogen-bond donors (Lipinski definition) is 2. The third kappa shape index (κ3) is 3.20. The van der Waals surface area contributed by atoms with Crippen LogP contribution in [-0.2, 0) is 17.8 Å². The minimum absolute atomic E-state index is 0.0282. The average Bonchev–Trinajstić information content (AvgIpc) is 2.44. The second-order valence-corrected chi connectivity index (χ2v) is 4.52. The normalized spacial score (nSPS) is 13.8. The van der Waals surface area contributed by atoms with Crippen molar-refractivity contribution in [1.82, 2.24) is 20.6 Å². The van der Waals surface area contributed by atoms with Crippen molar-refractivity contribution < 1.29 is 4.79 Å². The number of aromatic nitrogens is 2. The van der Waals surface area contributed by atoms with Crippen molar-refractivity contribution in [2.75, 3.05) is 31.1 Å². The van der Waals surface area contributed by atoms with E-state index in [4.69, 9.17) is 0 Å². The molecule has 2 rings (SSSR count). The number of amides is 1. The maximum absolute atomic E-state index is 11.7. The first-order valence-corrected chi connectivity index (χ1v) is 6.81. The van der Waals surface area contributed by atoms with E-state index < -0.39 is 0 Å². The molecule has 0 aromatic carbocycles. The third-order valence-corrected chi connectivity index (χ3v) is 3.24. The molecule has 0 saturated carbocycles. The first kappa shape index (κ1) is 13.7. The summed E-state index contributed by atoms with van der Waals surface area (Å²) in [7, 11) is 0. The van der Waals surface area contributed by atoms with E-state index in [1.165, 1.54) is 0 Å². The molecule has 1 aliphatic rings. The third-order valence-electron chi connectivity index (χ3n) is 3.24. The Morgan fingerprint density at radius 3 is 3.05 bits per heavy atom. The smallest absolute Gasteiger partial charge is 0.239 e. The fourth-order valence-electron chi connectivity index (χ4n) is 2.29. The minimum atomic E-state index is 0.0282. The second kappa shape index (κ2) is 6.47. The van der Waals surface area contributed by atoms with E-state index in [-0.39, 0.29) is 5.91 Å². The zero-order valence-electron chi connectivity index (χ0n) is 11.6. The van der Waals surface area contributed by atoms with E-state index in [0.717, 1.165) is 43.1 Å². The molecule has 1 aromatic heterocycles. The van der Waals surface area contributed by atoms with Crippen LogP contribution in [0.25, 0.3) is 0 Å². The van der Waals surface area contributed by atoms with Gasteiger partial charge in [0.05, 0.1) is 12.2 Å². The zero-order valence-corrected chi connectivity index (χ0v) is 11.6. The molecule has 1 aromatic rings. The topological polar surface area (TPSA) is 70.2 Å². The van der Waals surface area contributed by atoms with Crippen molar-refractivity contribution in [2.24, 2.45) is 0 Å². The van der Waals surface area contributed by atoms with Gasteiger partial charge in [0.25, 0.3) is 0 Å². The van der Waals surface area contributed by atoms with Crippen LogP contribution in [0.1, 0.15) is 25.1 Å². The molecule has 6 heteroatoms. The van der Waals surface area contributed by atoms with Gasteiger partial charge in [-0.05, 0) is 13.8 Å². The molecule has 0 fully saturated rings. The molecule has 19 heavy (non-hydrogen) atoms. The summed E-state index contributed by atoms with van der Waals surface area (Å²) in [6.45, 7) is 7.42. The van der Waals surface area contributed by atoms with Crippen molar-refractivity contribution in [3.05, 3.63) is 17.6 Å². The lowest BCUT2D eigenvalue weighted by Crippen LogP contribution is -2.39. The Morgan fingerprint density at radius 2 is 2.32 bits per heavy atom. The number of carbonyl (C=O) groups excluding carboxylic acids is 1. The fraction of sp³-hybridized carbons (Fsp3) is 0.615. The molecule has 2 N–H and O–H groups in total. The highest BCUT2D eigenvalue weighted by atomic mass is 16.2. The highest BCUT2D eigenvalue weighted by Gasteiger charge is 2.20. The Kier molecular flexibility index (Phi) is 4.68. The number of hydrogen-bond acceptors (Lipinski definition) is 5. The lowest BCUT2D eigenvalue weighted by molar-refractivity contribution is -0.119. The van der Waals surface area contributed by atoms with Gasteiger partial charge in [0.15, 0.2) is 0 Å². The minimum Gasteiger partial charge on any atom is -0.355 e. The summed E-state index contributed by atoms with van der Waals surface area (Å²) in [5.74, 6) is 0.909.